The lowest BCUT2D eigenvalue weighted by molar-refractivity contribution is -0.130. The van der Waals surface area contributed by atoms with Crippen molar-refractivity contribution in [1.82, 2.24) is 14.9 Å². The van der Waals surface area contributed by atoms with E-state index in [0.29, 0.717) is 6.42 Å². The van der Waals surface area contributed by atoms with E-state index in [1.165, 1.54) is 0 Å². The highest BCUT2D eigenvalue weighted by atomic mass is 32.2. The van der Waals surface area contributed by atoms with Gasteiger partial charge in [0, 0.05) is 30.9 Å². The Morgan fingerprint density at radius 3 is 2.32 bits per heavy atom. The Morgan fingerprint density at radius 1 is 1.21 bits per heavy atom. The summed E-state index contributed by atoms with van der Waals surface area (Å²) in [6.07, 6.45) is 5.60. The van der Waals surface area contributed by atoms with E-state index in [-0.39, 0.29) is 5.91 Å². The Labute approximate surface area is 119 Å². The summed E-state index contributed by atoms with van der Waals surface area (Å²) >= 11 is 1.55. The molecule has 1 aromatic heterocycles. The number of carbonyl (C=O) groups is 1. The maximum atomic E-state index is 12.0. The van der Waals surface area contributed by atoms with Crippen molar-refractivity contribution in [2.24, 2.45) is 0 Å². The first-order valence-electron chi connectivity index (χ1n) is 6.77. The second-order valence-electron chi connectivity index (χ2n) is 4.95. The zero-order chi connectivity index (χ0) is 13.8. The Kier molecular flexibility index (Phi) is 4.80. The number of rotatable bonds is 4. The third-order valence-corrected chi connectivity index (χ3v) is 4.18. The van der Waals surface area contributed by atoms with Crippen molar-refractivity contribution in [3.8, 4) is 0 Å². The highest BCUT2D eigenvalue weighted by Gasteiger charge is 2.18. The first-order chi connectivity index (χ1) is 9.11. The summed E-state index contributed by atoms with van der Waals surface area (Å²) in [5, 5.41) is 0.810. The number of thioether (sulfide) groups is 1. The van der Waals surface area contributed by atoms with E-state index in [0.717, 1.165) is 54.5 Å². The van der Waals surface area contributed by atoms with Gasteiger partial charge in [-0.25, -0.2) is 9.97 Å². The van der Waals surface area contributed by atoms with Gasteiger partial charge in [-0.05, 0) is 44.9 Å². The van der Waals surface area contributed by atoms with E-state index >= 15 is 0 Å². The third-order valence-electron chi connectivity index (χ3n) is 3.63. The van der Waals surface area contributed by atoms with Crippen molar-refractivity contribution in [2.75, 3.05) is 19.3 Å². The SMILES string of the molecule is CSc1nc(C)c(CCC(=O)N2CCCC2)c(C)n1. The van der Waals surface area contributed by atoms with Crippen LogP contribution in [0.5, 0.6) is 0 Å². The van der Waals surface area contributed by atoms with Crippen LogP contribution in [0.4, 0.5) is 0 Å². The summed E-state index contributed by atoms with van der Waals surface area (Å²) in [6, 6.07) is 0. The molecule has 1 fully saturated rings. The molecule has 0 bridgehead atoms. The van der Waals surface area contributed by atoms with Crippen molar-refractivity contribution < 1.29 is 4.79 Å². The molecule has 1 aliphatic rings. The first-order valence-corrected chi connectivity index (χ1v) is 8.00. The second-order valence-corrected chi connectivity index (χ2v) is 5.72. The van der Waals surface area contributed by atoms with Gasteiger partial charge >= 0.3 is 0 Å². The molecule has 0 unspecified atom stereocenters. The Bertz CT molecular complexity index is 447. The summed E-state index contributed by atoms with van der Waals surface area (Å²) in [5.74, 6) is 0.269. The molecule has 1 aliphatic heterocycles. The minimum Gasteiger partial charge on any atom is -0.343 e. The number of carbonyl (C=O) groups excluding carboxylic acids is 1. The molecule has 104 valence electrons. The van der Waals surface area contributed by atoms with Crippen molar-refractivity contribution in [1.29, 1.82) is 0 Å². The molecule has 19 heavy (non-hydrogen) atoms. The lowest BCUT2D eigenvalue weighted by atomic mass is 10.1. The fourth-order valence-electron chi connectivity index (χ4n) is 2.52. The molecule has 0 saturated carbocycles. The first kappa shape index (κ1) is 14.3. The molecule has 0 radical (unpaired) electrons. The smallest absolute Gasteiger partial charge is 0.222 e. The summed E-state index contributed by atoms with van der Waals surface area (Å²) in [4.78, 5) is 22.9. The van der Waals surface area contributed by atoms with Crippen LogP contribution in [0.2, 0.25) is 0 Å². The average molecular weight is 279 g/mol. The monoisotopic (exact) mass is 279 g/mol. The van der Waals surface area contributed by atoms with Crippen molar-refractivity contribution in [2.45, 2.75) is 44.7 Å². The topological polar surface area (TPSA) is 46.1 Å². The van der Waals surface area contributed by atoms with Crippen LogP contribution in [0.25, 0.3) is 0 Å². The number of aromatic nitrogens is 2. The molecule has 2 rings (SSSR count). The molecule has 0 N–H and O–H groups in total. The molecule has 1 aromatic rings. The number of amides is 1. The predicted octanol–water partition coefficient (Wildman–Crippen LogP) is 2.37. The van der Waals surface area contributed by atoms with Crippen molar-refractivity contribution in [3.05, 3.63) is 17.0 Å². The quantitative estimate of drug-likeness (QED) is 0.627. The van der Waals surface area contributed by atoms with Gasteiger partial charge in [-0.15, -0.1) is 0 Å². The highest BCUT2D eigenvalue weighted by Crippen LogP contribution is 2.18. The van der Waals surface area contributed by atoms with Crippen molar-refractivity contribution in [3.63, 3.8) is 0 Å². The largest absolute Gasteiger partial charge is 0.343 e. The van der Waals surface area contributed by atoms with Gasteiger partial charge in [0.1, 0.15) is 0 Å². The number of nitrogens with zero attached hydrogens (tertiary/aromatic N) is 3. The van der Waals surface area contributed by atoms with Gasteiger partial charge in [0.15, 0.2) is 5.16 Å². The zero-order valence-electron chi connectivity index (χ0n) is 11.9. The summed E-state index contributed by atoms with van der Waals surface area (Å²) in [6.45, 7) is 5.87. The molecule has 0 spiro atoms. The van der Waals surface area contributed by atoms with Gasteiger partial charge in [-0.1, -0.05) is 11.8 Å². The molecule has 0 atom stereocenters. The van der Waals surface area contributed by atoms with E-state index < -0.39 is 0 Å². The molecule has 2 heterocycles. The van der Waals surface area contributed by atoms with Crippen molar-refractivity contribution >= 4 is 17.7 Å². The summed E-state index contributed by atoms with van der Waals surface area (Å²) in [7, 11) is 0. The van der Waals surface area contributed by atoms with E-state index in [2.05, 4.69) is 9.97 Å². The standard InChI is InChI=1S/C14H21N3OS/c1-10-12(11(2)16-14(15-10)19-3)6-7-13(18)17-8-4-5-9-17/h4-9H2,1-3H3. The molecular weight excluding hydrogens is 258 g/mol. The maximum Gasteiger partial charge on any atom is 0.222 e. The molecule has 0 aromatic carbocycles. The number of hydrogen-bond donors (Lipinski definition) is 0. The third kappa shape index (κ3) is 3.47. The number of aryl methyl sites for hydroxylation is 2. The zero-order valence-corrected chi connectivity index (χ0v) is 12.7. The van der Waals surface area contributed by atoms with E-state index in [1.54, 1.807) is 11.8 Å². The lowest BCUT2D eigenvalue weighted by Gasteiger charge is -2.16. The van der Waals surface area contributed by atoms with E-state index in [1.807, 2.05) is 25.0 Å². The average Bonchev–Trinajstić information content (AvgIpc) is 2.91. The normalized spacial score (nSPS) is 15.0. The molecule has 1 amide bonds. The van der Waals surface area contributed by atoms with Crippen LogP contribution in [0, 0.1) is 13.8 Å². The Balaban J connectivity index is 2.01. The fourth-order valence-corrected chi connectivity index (χ4v) is 2.97. The van der Waals surface area contributed by atoms with Crippen LogP contribution >= 0.6 is 11.8 Å². The minimum atomic E-state index is 0.269. The maximum absolute atomic E-state index is 12.0. The summed E-state index contributed by atoms with van der Waals surface area (Å²) < 4.78 is 0. The van der Waals surface area contributed by atoms with Gasteiger partial charge in [-0.2, -0.15) is 0 Å². The van der Waals surface area contributed by atoms with Crippen LogP contribution in [0.15, 0.2) is 5.16 Å². The Hall–Kier alpha value is -1.10. The van der Waals surface area contributed by atoms with Gasteiger partial charge in [0.25, 0.3) is 0 Å². The highest BCUT2D eigenvalue weighted by molar-refractivity contribution is 7.98. The van der Waals surface area contributed by atoms with Crippen LogP contribution in [-0.2, 0) is 11.2 Å². The van der Waals surface area contributed by atoms with E-state index in [9.17, 15) is 4.79 Å². The van der Waals surface area contributed by atoms with E-state index in [4.69, 9.17) is 0 Å². The molecular formula is C14H21N3OS. The van der Waals surface area contributed by atoms with Gasteiger partial charge in [-0.3, -0.25) is 4.79 Å². The molecule has 4 nitrogen and oxygen atoms in total. The fraction of sp³-hybridized carbons (Fsp3) is 0.643. The van der Waals surface area contributed by atoms with Crippen LogP contribution < -0.4 is 0 Å². The predicted molar refractivity (Wildman–Crippen MR) is 77.4 cm³/mol. The van der Waals surface area contributed by atoms with Crippen LogP contribution in [0.1, 0.15) is 36.2 Å². The molecule has 0 aliphatic carbocycles. The minimum absolute atomic E-state index is 0.269. The second kappa shape index (κ2) is 6.37. The van der Waals surface area contributed by atoms with Crippen LogP contribution in [-0.4, -0.2) is 40.1 Å². The molecule has 1 saturated heterocycles. The lowest BCUT2D eigenvalue weighted by Crippen LogP contribution is -2.27. The Morgan fingerprint density at radius 2 is 1.79 bits per heavy atom. The van der Waals surface area contributed by atoms with Crippen LogP contribution in [0.3, 0.4) is 0 Å². The van der Waals surface area contributed by atoms with Gasteiger partial charge in [0.05, 0.1) is 0 Å². The van der Waals surface area contributed by atoms with Gasteiger partial charge in [0.2, 0.25) is 5.91 Å². The summed E-state index contributed by atoms with van der Waals surface area (Å²) in [5.41, 5.74) is 3.14. The van der Waals surface area contributed by atoms with Gasteiger partial charge < -0.3 is 4.90 Å². The number of likely N-dealkylation sites (tertiary alicyclic amines) is 1. The number of hydrogen-bond acceptors (Lipinski definition) is 4. The molecule has 5 heteroatoms.